The molecule has 1 fully saturated rings. The van der Waals surface area contributed by atoms with Gasteiger partial charge in [0, 0.05) is 6.04 Å². The number of rotatable bonds is 4. The smallest absolute Gasteiger partial charge is 0.0631 e. The fourth-order valence-corrected chi connectivity index (χ4v) is 2.28. The zero-order valence-electron chi connectivity index (χ0n) is 11.7. The van der Waals surface area contributed by atoms with E-state index in [4.69, 9.17) is 10.5 Å². The first-order valence-electron chi connectivity index (χ1n) is 6.64. The van der Waals surface area contributed by atoms with Gasteiger partial charge in [0.25, 0.3) is 0 Å². The van der Waals surface area contributed by atoms with Crippen molar-refractivity contribution in [3.8, 4) is 0 Å². The van der Waals surface area contributed by atoms with Crippen molar-refractivity contribution in [2.75, 3.05) is 0 Å². The third-order valence-corrected chi connectivity index (χ3v) is 3.71. The Hall–Kier alpha value is -0.0800. The van der Waals surface area contributed by atoms with Gasteiger partial charge in [-0.05, 0) is 51.4 Å². The van der Waals surface area contributed by atoms with Crippen LogP contribution in [0, 0.1) is 5.41 Å². The van der Waals surface area contributed by atoms with Gasteiger partial charge in [0.2, 0.25) is 0 Å². The molecule has 2 N–H and O–H groups in total. The van der Waals surface area contributed by atoms with E-state index < -0.39 is 0 Å². The Labute approximate surface area is 101 Å². The highest BCUT2D eigenvalue weighted by Crippen LogP contribution is 2.32. The molecule has 2 atom stereocenters. The first-order chi connectivity index (χ1) is 7.21. The van der Waals surface area contributed by atoms with Crippen LogP contribution in [0.5, 0.6) is 0 Å². The predicted molar refractivity (Wildman–Crippen MR) is 69.5 cm³/mol. The summed E-state index contributed by atoms with van der Waals surface area (Å²) in [6, 6.07) is 0.307. The highest BCUT2D eigenvalue weighted by atomic mass is 16.5. The molecule has 1 heterocycles. The van der Waals surface area contributed by atoms with Crippen LogP contribution in [0.3, 0.4) is 0 Å². The zero-order chi connectivity index (χ0) is 12.4. The molecular formula is C14H29NO. The van der Waals surface area contributed by atoms with E-state index in [1.807, 2.05) is 0 Å². The molecule has 1 aliphatic heterocycles. The average Bonchev–Trinajstić information content (AvgIpc) is 2.44. The lowest BCUT2D eigenvalue weighted by atomic mass is 9.84. The maximum Gasteiger partial charge on any atom is 0.0631 e. The van der Waals surface area contributed by atoms with Gasteiger partial charge in [-0.1, -0.05) is 20.8 Å². The minimum absolute atomic E-state index is 0.108. The molecule has 2 unspecified atom stereocenters. The number of nitrogens with two attached hydrogens (primary N) is 1. The lowest BCUT2D eigenvalue weighted by Crippen LogP contribution is -2.35. The predicted octanol–water partition coefficient (Wildman–Crippen LogP) is 3.49. The summed E-state index contributed by atoms with van der Waals surface area (Å²) >= 11 is 0. The zero-order valence-corrected chi connectivity index (χ0v) is 11.7. The lowest BCUT2D eigenvalue weighted by Gasteiger charge is -2.27. The Morgan fingerprint density at radius 3 is 2.44 bits per heavy atom. The molecule has 0 aromatic rings. The summed E-state index contributed by atoms with van der Waals surface area (Å²) < 4.78 is 5.98. The van der Waals surface area contributed by atoms with E-state index in [2.05, 4.69) is 34.6 Å². The monoisotopic (exact) mass is 227 g/mol. The maximum atomic E-state index is 6.15. The van der Waals surface area contributed by atoms with Crippen LogP contribution in [0.4, 0.5) is 0 Å². The van der Waals surface area contributed by atoms with E-state index in [0.717, 1.165) is 6.42 Å². The minimum atomic E-state index is 0.108. The molecule has 0 aromatic heterocycles. The van der Waals surface area contributed by atoms with Crippen LogP contribution in [-0.2, 0) is 4.74 Å². The molecule has 0 aromatic carbocycles. The van der Waals surface area contributed by atoms with E-state index in [-0.39, 0.29) is 11.0 Å². The van der Waals surface area contributed by atoms with Crippen LogP contribution >= 0.6 is 0 Å². The number of hydrogen-bond acceptors (Lipinski definition) is 2. The molecule has 1 aliphatic rings. The normalized spacial score (nSPS) is 27.0. The summed E-state index contributed by atoms with van der Waals surface area (Å²) in [5.41, 5.74) is 6.49. The molecule has 0 radical (unpaired) electrons. The fraction of sp³-hybridized carbons (Fsp3) is 1.00. The second-order valence-corrected chi connectivity index (χ2v) is 6.94. The van der Waals surface area contributed by atoms with Crippen LogP contribution in [-0.4, -0.2) is 17.7 Å². The Bertz CT molecular complexity index is 217. The maximum absolute atomic E-state index is 6.15. The van der Waals surface area contributed by atoms with E-state index >= 15 is 0 Å². The summed E-state index contributed by atoms with van der Waals surface area (Å²) in [6.07, 6.45) is 6.37. The second-order valence-electron chi connectivity index (χ2n) is 6.94. The van der Waals surface area contributed by atoms with Gasteiger partial charge in [0.1, 0.15) is 0 Å². The summed E-state index contributed by atoms with van der Waals surface area (Å²) in [6.45, 7) is 11.0. The topological polar surface area (TPSA) is 35.2 Å². The van der Waals surface area contributed by atoms with Crippen molar-refractivity contribution in [1.82, 2.24) is 0 Å². The van der Waals surface area contributed by atoms with Gasteiger partial charge in [-0.15, -0.1) is 0 Å². The summed E-state index contributed by atoms with van der Waals surface area (Å²) in [5.74, 6) is 0. The molecule has 1 rings (SSSR count). The number of hydrogen-bond donors (Lipinski definition) is 1. The highest BCUT2D eigenvalue weighted by Gasteiger charge is 2.31. The van der Waals surface area contributed by atoms with E-state index in [1.54, 1.807) is 0 Å². The third kappa shape index (κ3) is 4.42. The van der Waals surface area contributed by atoms with E-state index in [9.17, 15) is 0 Å². The summed E-state index contributed by atoms with van der Waals surface area (Å²) in [7, 11) is 0. The van der Waals surface area contributed by atoms with Crippen molar-refractivity contribution in [1.29, 1.82) is 0 Å². The van der Waals surface area contributed by atoms with Gasteiger partial charge >= 0.3 is 0 Å². The van der Waals surface area contributed by atoms with Gasteiger partial charge in [-0.2, -0.15) is 0 Å². The molecule has 0 bridgehead atoms. The van der Waals surface area contributed by atoms with Gasteiger partial charge in [-0.25, -0.2) is 0 Å². The van der Waals surface area contributed by atoms with Crippen LogP contribution in [0.25, 0.3) is 0 Å². The van der Waals surface area contributed by atoms with Gasteiger partial charge in [0.15, 0.2) is 0 Å². The first-order valence-corrected chi connectivity index (χ1v) is 6.64. The molecule has 16 heavy (non-hydrogen) atoms. The van der Waals surface area contributed by atoms with Crippen molar-refractivity contribution in [2.24, 2.45) is 11.1 Å². The van der Waals surface area contributed by atoms with Crippen LogP contribution in [0.15, 0.2) is 0 Å². The molecule has 2 heteroatoms. The molecule has 0 saturated carbocycles. The van der Waals surface area contributed by atoms with Gasteiger partial charge in [-0.3, -0.25) is 0 Å². The second kappa shape index (κ2) is 5.05. The van der Waals surface area contributed by atoms with Crippen molar-refractivity contribution in [3.63, 3.8) is 0 Å². The quantitative estimate of drug-likeness (QED) is 0.798. The lowest BCUT2D eigenvalue weighted by molar-refractivity contribution is -0.0194. The van der Waals surface area contributed by atoms with Crippen LogP contribution < -0.4 is 5.73 Å². The molecule has 96 valence electrons. The van der Waals surface area contributed by atoms with Crippen molar-refractivity contribution < 1.29 is 4.74 Å². The third-order valence-electron chi connectivity index (χ3n) is 3.71. The highest BCUT2D eigenvalue weighted by molar-refractivity contribution is 4.82. The van der Waals surface area contributed by atoms with Crippen molar-refractivity contribution >= 4 is 0 Å². The Morgan fingerprint density at radius 1 is 1.38 bits per heavy atom. The molecule has 0 spiro atoms. The minimum Gasteiger partial charge on any atom is -0.372 e. The standard InChI is InChI=1S/C14H29NO/c1-13(2,3)12(15)8-6-7-11-9-10-14(4,5)16-11/h11-12H,6-10,15H2,1-5H3. The van der Waals surface area contributed by atoms with Gasteiger partial charge < -0.3 is 10.5 Å². The molecule has 1 saturated heterocycles. The molecule has 2 nitrogen and oxygen atoms in total. The van der Waals surface area contributed by atoms with Crippen LogP contribution in [0.1, 0.15) is 66.7 Å². The van der Waals surface area contributed by atoms with E-state index in [0.29, 0.717) is 12.1 Å². The van der Waals surface area contributed by atoms with Crippen LogP contribution in [0.2, 0.25) is 0 Å². The molecular weight excluding hydrogens is 198 g/mol. The largest absolute Gasteiger partial charge is 0.372 e. The molecule has 0 amide bonds. The van der Waals surface area contributed by atoms with Gasteiger partial charge in [0.05, 0.1) is 11.7 Å². The van der Waals surface area contributed by atoms with E-state index in [1.165, 1.54) is 25.7 Å². The molecule has 0 aliphatic carbocycles. The van der Waals surface area contributed by atoms with Crippen molar-refractivity contribution in [2.45, 2.75) is 84.5 Å². The fourth-order valence-electron chi connectivity index (χ4n) is 2.28. The summed E-state index contributed by atoms with van der Waals surface area (Å²) in [5, 5.41) is 0. The first kappa shape index (κ1) is 14.0. The Balaban J connectivity index is 2.17. The van der Waals surface area contributed by atoms with Crippen molar-refractivity contribution in [3.05, 3.63) is 0 Å². The average molecular weight is 227 g/mol. The Kier molecular flexibility index (Phi) is 4.42. The Morgan fingerprint density at radius 2 is 2.00 bits per heavy atom. The SMILES string of the molecule is CC1(C)CCC(CCCC(N)C(C)(C)C)O1. The number of ether oxygens (including phenoxy) is 1. The summed E-state index contributed by atoms with van der Waals surface area (Å²) in [4.78, 5) is 0.